The second-order valence-electron chi connectivity index (χ2n) is 5.65. The molecule has 2 N–H and O–H groups in total. The van der Waals surface area contributed by atoms with Crippen LogP contribution in [0.5, 0.6) is 0 Å². The average Bonchev–Trinajstić information content (AvgIpc) is 2.99. The van der Waals surface area contributed by atoms with Gasteiger partial charge in [0.2, 0.25) is 12.2 Å². The number of rotatable bonds is 6. The monoisotopic (exact) mass is 354 g/mol. The summed E-state index contributed by atoms with van der Waals surface area (Å²) in [5.74, 6) is -1.49. The Morgan fingerprint density at radius 3 is 2.48 bits per heavy atom. The maximum Gasteiger partial charge on any atom is 0.414 e. The first-order chi connectivity index (χ1) is 11.6. The van der Waals surface area contributed by atoms with Gasteiger partial charge in [-0.25, -0.2) is 9.48 Å². The minimum Gasteiger partial charge on any atom is -0.443 e. The number of carbonyl (C=O) groups is 3. The van der Waals surface area contributed by atoms with Crippen LogP contribution < -0.4 is 5.32 Å². The first-order valence-corrected chi connectivity index (χ1v) is 7.60. The lowest BCUT2D eigenvalue weighted by atomic mass is 10.1. The third-order valence-corrected chi connectivity index (χ3v) is 2.78. The second kappa shape index (κ2) is 8.81. The van der Waals surface area contributed by atoms with Crippen LogP contribution in [0.4, 0.5) is 4.79 Å². The van der Waals surface area contributed by atoms with Crippen molar-refractivity contribution < 1.29 is 28.6 Å². The Balaban J connectivity index is 2.45. The molecule has 1 amide bonds. The molecule has 1 aromatic rings. The van der Waals surface area contributed by atoms with E-state index < -0.39 is 29.9 Å². The third-order valence-electron chi connectivity index (χ3n) is 2.78. The van der Waals surface area contributed by atoms with Crippen molar-refractivity contribution in [2.75, 3.05) is 0 Å². The van der Waals surface area contributed by atoms with Crippen LogP contribution in [-0.2, 0) is 23.8 Å². The molecule has 138 valence electrons. The van der Waals surface area contributed by atoms with Gasteiger partial charge in [-0.1, -0.05) is 6.92 Å². The summed E-state index contributed by atoms with van der Waals surface area (Å²) in [6.45, 7) is 6.05. The van der Waals surface area contributed by atoms with Crippen LogP contribution in [0.1, 0.15) is 40.5 Å². The van der Waals surface area contributed by atoms with Gasteiger partial charge < -0.3 is 14.2 Å². The number of amides is 1. The lowest BCUT2D eigenvalue weighted by Crippen LogP contribution is -2.41. The van der Waals surface area contributed by atoms with E-state index in [4.69, 9.17) is 19.6 Å². The Labute approximate surface area is 144 Å². The fourth-order valence-corrected chi connectivity index (χ4v) is 1.73. The zero-order valence-electron chi connectivity index (χ0n) is 14.6. The van der Waals surface area contributed by atoms with Crippen LogP contribution in [-0.4, -0.2) is 45.7 Å². The minimum atomic E-state index is -1.19. The summed E-state index contributed by atoms with van der Waals surface area (Å²) in [6.07, 6.45) is 0.891. The molecule has 0 fully saturated rings. The number of nitrogens with zero attached hydrogens (tertiary/aromatic N) is 2. The highest BCUT2D eigenvalue weighted by atomic mass is 16.7. The maximum absolute atomic E-state index is 11.8. The number of hydrogen-bond acceptors (Lipinski definition) is 8. The highest BCUT2D eigenvalue weighted by Crippen LogP contribution is 2.16. The lowest BCUT2D eigenvalue weighted by Gasteiger charge is -2.25. The van der Waals surface area contributed by atoms with Crippen molar-refractivity contribution in [3.8, 4) is 0 Å². The molecular weight excluding hydrogens is 332 g/mol. The van der Waals surface area contributed by atoms with E-state index in [1.54, 1.807) is 13.0 Å². The quantitative estimate of drug-likeness (QED) is 0.341. The van der Waals surface area contributed by atoms with E-state index in [9.17, 15) is 14.4 Å². The van der Waals surface area contributed by atoms with Crippen molar-refractivity contribution >= 4 is 24.0 Å². The first kappa shape index (κ1) is 20.1. The molecule has 1 unspecified atom stereocenters. The summed E-state index contributed by atoms with van der Waals surface area (Å²) >= 11 is 0. The zero-order valence-corrected chi connectivity index (χ0v) is 14.6. The molecule has 10 nitrogen and oxygen atoms in total. The number of alkyl carbamates (subject to hydrolysis) is 1. The van der Waals surface area contributed by atoms with Crippen molar-refractivity contribution in [2.45, 2.75) is 52.4 Å². The van der Waals surface area contributed by atoms with Gasteiger partial charge in [-0.2, -0.15) is 5.10 Å². The Morgan fingerprint density at radius 1 is 1.28 bits per heavy atom. The number of aromatic nitrogens is 2. The van der Waals surface area contributed by atoms with Gasteiger partial charge >= 0.3 is 18.0 Å². The van der Waals surface area contributed by atoms with E-state index in [0.717, 1.165) is 4.68 Å². The Morgan fingerprint density at radius 2 is 1.92 bits per heavy atom. The van der Waals surface area contributed by atoms with Crippen molar-refractivity contribution in [1.29, 1.82) is 5.41 Å². The molecule has 0 bridgehead atoms. The summed E-state index contributed by atoms with van der Waals surface area (Å²) in [7, 11) is 0. The Bertz CT molecular complexity index is 626. The van der Waals surface area contributed by atoms with E-state index >= 15 is 0 Å². The molecule has 0 aliphatic heterocycles. The van der Waals surface area contributed by atoms with Gasteiger partial charge in [0.15, 0.2) is 0 Å². The van der Waals surface area contributed by atoms with E-state index in [1.807, 2.05) is 0 Å². The largest absolute Gasteiger partial charge is 0.443 e. The Hall–Kier alpha value is -2.91. The van der Waals surface area contributed by atoms with E-state index in [2.05, 4.69) is 10.4 Å². The van der Waals surface area contributed by atoms with E-state index in [-0.39, 0.29) is 18.8 Å². The van der Waals surface area contributed by atoms with Gasteiger partial charge in [-0.3, -0.25) is 20.3 Å². The topological polar surface area (TPSA) is 133 Å². The van der Waals surface area contributed by atoms with E-state index in [0.29, 0.717) is 0 Å². The molecule has 0 aliphatic rings. The SMILES string of the molecule is CCC(=O)OC(C)OC(=O)CC(C)(C)OC(=O)NC(=N)n1cccn1. The van der Waals surface area contributed by atoms with Crippen LogP contribution in [0.3, 0.4) is 0 Å². The number of esters is 2. The van der Waals surface area contributed by atoms with E-state index in [1.165, 1.54) is 33.2 Å². The second-order valence-corrected chi connectivity index (χ2v) is 5.65. The molecule has 1 heterocycles. The standard InChI is InChI=1S/C15H22N4O6/c1-5-11(20)23-10(2)24-12(21)9-15(3,4)25-14(22)18-13(16)19-8-6-7-17-19/h6-8,10H,5,9H2,1-4H3,(H2,16,18,22). The van der Waals surface area contributed by atoms with Crippen molar-refractivity contribution in [2.24, 2.45) is 0 Å². The third kappa shape index (κ3) is 7.46. The molecule has 0 aliphatic carbocycles. The van der Waals surface area contributed by atoms with Gasteiger partial charge in [0.1, 0.15) is 5.60 Å². The maximum atomic E-state index is 11.8. The molecule has 1 aromatic heterocycles. The summed E-state index contributed by atoms with van der Waals surface area (Å²) in [4.78, 5) is 34.8. The molecule has 0 aromatic carbocycles. The van der Waals surface area contributed by atoms with Crippen molar-refractivity contribution in [3.63, 3.8) is 0 Å². The minimum absolute atomic E-state index is 0.166. The smallest absolute Gasteiger partial charge is 0.414 e. The molecule has 0 radical (unpaired) electrons. The fourth-order valence-electron chi connectivity index (χ4n) is 1.73. The number of ether oxygens (including phenoxy) is 3. The summed E-state index contributed by atoms with van der Waals surface area (Å²) in [5, 5.41) is 13.6. The predicted molar refractivity (Wildman–Crippen MR) is 85.6 cm³/mol. The zero-order chi connectivity index (χ0) is 19.0. The van der Waals surface area contributed by atoms with Gasteiger partial charge in [0.25, 0.3) is 0 Å². The van der Waals surface area contributed by atoms with Gasteiger partial charge in [-0.15, -0.1) is 0 Å². The molecule has 10 heteroatoms. The van der Waals surface area contributed by atoms with Crippen LogP contribution in [0.25, 0.3) is 0 Å². The Kier molecular flexibility index (Phi) is 7.09. The lowest BCUT2D eigenvalue weighted by molar-refractivity contribution is -0.186. The highest BCUT2D eigenvalue weighted by Gasteiger charge is 2.29. The predicted octanol–water partition coefficient (Wildman–Crippen LogP) is 1.40. The van der Waals surface area contributed by atoms with Gasteiger partial charge in [0, 0.05) is 25.7 Å². The van der Waals surface area contributed by atoms with Gasteiger partial charge in [-0.05, 0) is 19.9 Å². The molecule has 1 atom stereocenters. The number of carbonyl (C=O) groups excluding carboxylic acids is 3. The van der Waals surface area contributed by atoms with Crippen molar-refractivity contribution in [1.82, 2.24) is 15.1 Å². The summed E-state index contributed by atoms with van der Waals surface area (Å²) < 4.78 is 16.0. The molecule has 25 heavy (non-hydrogen) atoms. The average molecular weight is 354 g/mol. The molecular formula is C15H22N4O6. The van der Waals surface area contributed by atoms with Crippen LogP contribution in [0, 0.1) is 5.41 Å². The molecule has 0 spiro atoms. The highest BCUT2D eigenvalue weighted by molar-refractivity contribution is 5.93. The number of nitrogens with one attached hydrogen (secondary N) is 2. The normalized spacial score (nSPS) is 12.0. The van der Waals surface area contributed by atoms with Crippen LogP contribution >= 0.6 is 0 Å². The fraction of sp³-hybridized carbons (Fsp3) is 0.533. The van der Waals surface area contributed by atoms with Gasteiger partial charge in [0.05, 0.1) is 6.42 Å². The summed E-state index contributed by atoms with van der Waals surface area (Å²) in [5.41, 5.74) is -1.19. The van der Waals surface area contributed by atoms with Crippen LogP contribution in [0.15, 0.2) is 18.5 Å². The first-order valence-electron chi connectivity index (χ1n) is 7.60. The van der Waals surface area contributed by atoms with Crippen LogP contribution in [0.2, 0.25) is 0 Å². The van der Waals surface area contributed by atoms with Crippen molar-refractivity contribution in [3.05, 3.63) is 18.5 Å². The molecule has 1 rings (SSSR count). The molecule has 0 saturated carbocycles. The number of hydrogen-bond donors (Lipinski definition) is 2. The molecule has 0 saturated heterocycles. The summed E-state index contributed by atoms with van der Waals surface area (Å²) in [6, 6.07) is 1.59.